The number of aromatic nitrogens is 1. The van der Waals surface area contributed by atoms with E-state index in [0.717, 1.165) is 0 Å². The third kappa shape index (κ3) is 2.97. The monoisotopic (exact) mass is 345 g/mol. The van der Waals surface area contributed by atoms with Crippen LogP contribution in [0.25, 0.3) is 10.8 Å². The Balaban J connectivity index is 2.07. The number of halogens is 3. The first kappa shape index (κ1) is 16.0. The molecule has 1 heterocycles. The standard InChI is InChI=1S/C18H10ClF2NO2/c1-2-13-14-5-3-12(21)8-15(14)18(22-17(13)23)24-9-10-7-11(20)4-6-16(10)19/h1,3-8H,9H2,(H,22,23). The molecule has 3 rings (SSSR count). The van der Waals surface area contributed by atoms with Gasteiger partial charge in [0.2, 0.25) is 5.88 Å². The molecular formula is C18H10ClF2NO2. The van der Waals surface area contributed by atoms with Crippen LogP contribution in [-0.2, 0) is 6.61 Å². The van der Waals surface area contributed by atoms with Gasteiger partial charge in [0.05, 0.1) is 5.56 Å². The van der Waals surface area contributed by atoms with Gasteiger partial charge in [-0.25, -0.2) is 8.78 Å². The first-order valence-electron chi connectivity index (χ1n) is 6.88. The van der Waals surface area contributed by atoms with E-state index in [1.54, 1.807) is 0 Å². The Hall–Kier alpha value is -2.84. The molecule has 0 unspecified atom stereocenters. The van der Waals surface area contributed by atoms with E-state index in [9.17, 15) is 13.6 Å². The highest BCUT2D eigenvalue weighted by Crippen LogP contribution is 2.26. The lowest BCUT2D eigenvalue weighted by Crippen LogP contribution is -2.13. The number of aromatic amines is 1. The van der Waals surface area contributed by atoms with Crippen molar-refractivity contribution in [3.8, 4) is 18.2 Å². The molecule has 0 bridgehead atoms. The molecule has 3 nitrogen and oxygen atoms in total. The van der Waals surface area contributed by atoms with Gasteiger partial charge in [0.15, 0.2) is 0 Å². The minimum absolute atomic E-state index is 0.0360. The van der Waals surface area contributed by atoms with Crippen molar-refractivity contribution in [1.29, 1.82) is 0 Å². The van der Waals surface area contributed by atoms with Crippen LogP contribution >= 0.6 is 11.6 Å². The Morgan fingerprint density at radius 2 is 1.83 bits per heavy atom. The highest BCUT2D eigenvalue weighted by Gasteiger charge is 2.12. The maximum Gasteiger partial charge on any atom is 0.267 e. The van der Waals surface area contributed by atoms with Crippen LogP contribution in [0.15, 0.2) is 41.2 Å². The number of pyridine rings is 1. The van der Waals surface area contributed by atoms with Gasteiger partial charge in [-0.2, -0.15) is 0 Å². The lowest BCUT2D eigenvalue weighted by molar-refractivity contribution is 0.296. The Morgan fingerprint density at radius 1 is 1.12 bits per heavy atom. The quantitative estimate of drug-likeness (QED) is 0.728. The maximum absolute atomic E-state index is 13.6. The topological polar surface area (TPSA) is 42.1 Å². The van der Waals surface area contributed by atoms with E-state index in [4.69, 9.17) is 22.8 Å². The number of rotatable bonds is 3. The predicted molar refractivity (Wildman–Crippen MR) is 88.2 cm³/mol. The van der Waals surface area contributed by atoms with Crippen molar-refractivity contribution in [3.63, 3.8) is 0 Å². The van der Waals surface area contributed by atoms with Crippen molar-refractivity contribution in [2.75, 3.05) is 0 Å². The molecule has 0 aliphatic rings. The fourth-order valence-electron chi connectivity index (χ4n) is 2.34. The summed E-state index contributed by atoms with van der Waals surface area (Å²) in [7, 11) is 0. The first-order valence-corrected chi connectivity index (χ1v) is 7.26. The van der Waals surface area contributed by atoms with Crippen LogP contribution in [0.4, 0.5) is 8.78 Å². The molecule has 0 saturated carbocycles. The SMILES string of the molecule is C#Cc1c(=O)[nH]c(OCc2cc(F)ccc2Cl)c2cc(F)ccc12. The molecule has 6 heteroatoms. The summed E-state index contributed by atoms with van der Waals surface area (Å²) >= 11 is 5.98. The normalized spacial score (nSPS) is 10.6. The molecule has 120 valence electrons. The number of fused-ring (bicyclic) bond motifs is 1. The second-order valence-corrected chi connectivity index (χ2v) is 5.42. The molecule has 0 amide bonds. The van der Waals surface area contributed by atoms with Crippen molar-refractivity contribution in [2.45, 2.75) is 6.61 Å². The number of benzene rings is 2. The lowest BCUT2D eigenvalue weighted by atomic mass is 10.1. The van der Waals surface area contributed by atoms with Crippen LogP contribution in [0, 0.1) is 24.0 Å². The zero-order valence-electron chi connectivity index (χ0n) is 12.2. The summed E-state index contributed by atoms with van der Waals surface area (Å²) in [5, 5.41) is 1.02. The van der Waals surface area contributed by atoms with Crippen LogP contribution in [0.2, 0.25) is 5.02 Å². The van der Waals surface area contributed by atoms with Gasteiger partial charge in [0.1, 0.15) is 18.2 Å². The molecule has 0 aliphatic heterocycles. The Labute approximate surface area is 140 Å². The van der Waals surface area contributed by atoms with Gasteiger partial charge >= 0.3 is 0 Å². The molecule has 3 aromatic rings. The van der Waals surface area contributed by atoms with E-state index in [1.165, 1.54) is 36.4 Å². The fourth-order valence-corrected chi connectivity index (χ4v) is 2.51. The molecule has 0 atom stereocenters. The molecule has 1 N–H and O–H groups in total. The van der Waals surface area contributed by atoms with Gasteiger partial charge in [-0.05, 0) is 36.4 Å². The van der Waals surface area contributed by atoms with Gasteiger partial charge in [-0.3, -0.25) is 9.78 Å². The summed E-state index contributed by atoms with van der Waals surface area (Å²) in [5.74, 6) is 1.34. The van der Waals surface area contributed by atoms with Crippen molar-refractivity contribution in [2.24, 2.45) is 0 Å². The van der Waals surface area contributed by atoms with Crippen molar-refractivity contribution in [3.05, 3.63) is 74.5 Å². The smallest absolute Gasteiger partial charge is 0.267 e. The van der Waals surface area contributed by atoms with Gasteiger partial charge in [-0.1, -0.05) is 17.5 Å². The largest absolute Gasteiger partial charge is 0.474 e. The molecule has 24 heavy (non-hydrogen) atoms. The number of nitrogens with one attached hydrogen (secondary N) is 1. The van der Waals surface area contributed by atoms with Gasteiger partial charge in [0.25, 0.3) is 5.56 Å². The average Bonchev–Trinajstić information content (AvgIpc) is 2.56. The maximum atomic E-state index is 13.6. The van der Waals surface area contributed by atoms with Gasteiger partial charge < -0.3 is 4.74 Å². The zero-order chi connectivity index (χ0) is 17.3. The predicted octanol–water partition coefficient (Wildman–Crippen LogP) is 4.02. The second kappa shape index (κ2) is 6.34. The molecule has 0 spiro atoms. The minimum atomic E-state index is -0.531. The third-order valence-corrected chi connectivity index (χ3v) is 3.84. The number of hydrogen-bond donors (Lipinski definition) is 1. The van der Waals surface area contributed by atoms with Crippen LogP contribution in [0.1, 0.15) is 11.1 Å². The van der Waals surface area contributed by atoms with Crippen LogP contribution < -0.4 is 10.3 Å². The summed E-state index contributed by atoms with van der Waals surface area (Å²) in [6.45, 7) is -0.104. The zero-order valence-corrected chi connectivity index (χ0v) is 13.0. The summed E-state index contributed by atoms with van der Waals surface area (Å²) < 4.78 is 32.4. The molecule has 1 aromatic heterocycles. The van der Waals surface area contributed by atoms with Crippen molar-refractivity contribution >= 4 is 22.4 Å². The lowest BCUT2D eigenvalue weighted by Gasteiger charge is -2.11. The molecular weight excluding hydrogens is 336 g/mol. The highest BCUT2D eigenvalue weighted by atomic mass is 35.5. The molecule has 0 radical (unpaired) electrons. The fraction of sp³-hybridized carbons (Fsp3) is 0.0556. The summed E-state index contributed by atoms with van der Waals surface area (Å²) in [5.41, 5.74) is -0.0545. The van der Waals surface area contributed by atoms with Crippen molar-refractivity contribution in [1.82, 2.24) is 4.98 Å². The van der Waals surface area contributed by atoms with Crippen LogP contribution in [-0.4, -0.2) is 4.98 Å². The van der Waals surface area contributed by atoms with Gasteiger partial charge in [-0.15, -0.1) is 6.42 Å². The van der Waals surface area contributed by atoms with Gasteiger partial charge in [0, 0.05) is 21.4 Å². The van der Waals surface area contributed by atoms with Crippen LogP contribution in [0.5, 0.6) is 5.88 Å². The molecule has 0 fully saturated rings. The molecule has 0 saturated heterocycles. The summed E-state index contributed by atoms with van der Waals surface area (Å²) in [6, 6.07) is 7.67. The Bertz CT molecular complexity index is 1040. The molecule has 2 aromatic carbocycles. The van der Waals surface area contributed by atoms with E-state index in [2.05, 4.69) is 10.9 Å². The Kier molecular flexibility index (Phi) is 4.24. The number of terminal acetylenes is 1. The van der Waals surface area contributed by atoms with E-state index in [1.807, 2.05) is 0 Å². The first-order chi connectivity index (χ1) is 11.5. The number of hydrogen-bond acceptors (Lipinski definition) is 2. The van der Waals surface area contributed by atoms with E-state index in [-0.39, 0.29) is 18.1 Å². The number of ether oxygens (including phenoxy) is 1. The van der Waals surface area contributed by atoms with Crippen molar-refractivity contribution < 1.29 is 13.5 Å². The third-order valence-electron chi connectivity index (χ3n) is 3.47. The summed E-state index contributed by atoms with van der Waals surface area (Å²) in [6.07, 6.45) is 5.34. The molecule has 0 aliphatic carbocycles. The minimum Gasteiger partial charge on any atom is -0.474 e. The van der Waals surface area contributed by atoms with E-state index < -0.39 is 17.2 Å². The van der Waals surface area contributed by atoms with E-state index in [0.29, 0.717) is 21.4 Å². The van der Waals surface area contributed by atoms with E-state index >= 15 is 0 Å². The van der Waals surface area contributed by atoms with Crippen LogP contribution in [0.3, 0.4) is 0 Å². The summed E-state index contributed by atoms with van der Waals surface area (Å²) in [4.78, 5) is 14.5. The highest BCUT2D eigenvalue weighted by molar-refractivity contribution is 6.31. The average molecular weight is 346 g/mol. The Morgan fingerprint density at radius 3 is 2.58 bits per heavy atom. The number of H-pyrrole nitrogens is 1. The second-order valence-electron chi connectivity index (χ2n) is 5.02.